The Morgan fingerprint density at radius 1 is 1.13 bits per heavy atom. The smallest absolute Gasteiger partial charge is 0.244 e. The van der Waals surface area contributed by atoms with Crippen LogP contribution in [0.25, 0.3) is 0 Å². The normalized spacial score (nSPS) is 17.1. The van der Waals surface area contributed by atoms with Gasteiger partial charge in [-0.15, -0.1) is 0 Å². The van der Waals surface area contributed by atoms with Crippen LogP contribution in [0.2, 0.25) is 10.0 Å². The van der Waals surface area contributed by atoms with Gasteiger partial charge in [-0.3, -0.25) is 0 Å². The molecule has 23 heavy (non-hydrogen) atoms. The molecule has 0 spiro atoms. The van der Waals surface area contributed by atoms with E-state index in [1.165, 1.54) is 16.4 Å². The lowest BCUT2D eigenvalue weighted by Gasteiger charge is -2.34. The van der Waals surface area contributed by atoms with Crippen molar-refractivity contribution in [2.45, 2.75) is 24.2 Å². The average Bonchev–Trinajstić information content (AvgIpc) is 2.54. The van der Waals surface area contributed by atoms with Gasteiger partial charge in [0.1, 0.15) is 4.90 Å². The molecule has 1 heterocycles. The van der Waals surface area contributed by atoms with Crippen molar-refractivity contribution in [2.75, 3.05) is 32.7 Å². The molecule has 0 radical (unpaired) electrons. The first-order valence-electron chi connectivity index (χ1n) is 7.49. The van der Waals surface area contributed by atoms with E-state index in [0.29, 0.717) is 37.6 Å². The summed E-state index contributed by atoms with van der Waals surface area (Å²) in [7, 11) is -3.62. The van der Waals surface area contributed by atoms with Gasteiger partial charge in [-0.1, -0.05) is 23.2 Å². The van der Waals surface area contributed by atoms with Gasteiger partial charge in [-0.05, 0) is 37.6 Å². The summed E-state index contributed by atoms with van der Waals surface area (Å²) in [5, 5.41) is 9.06. The van der Waals surface area contributed by atoms with Crippen LogP contribution in [-0.4, -0.2) is 50.3 Å². The largest absolute Gasteiger partial charge is 0.301 e. The van der Waals surface area contributed by atoms with Crippen LogP contribution in [0.15, 0.2) is 23.1 Å². The van der Waals surface area contributed by atoms with Gasteiger partial charge < -0.3 is 4.90 Å². The lowest BCUT2D eigenvalue weighted by atomic mass is 10.2. The summed E-state index contributed by atoms with van der Waals surface area (Å²) in [5.41, 5.74) is 0. The Morgan fingerprint density at radius 3 is 2.48 bits per heavy atom. The summed E-state index contributed by atoms with van der Waals surface area (Å²) in [6.07, 6.45) is 2.41. The van der Waals surface area contributed by atoms with Crippen LogP contribution < -0.4 is 0 Å². The van der Waals surface area contributed by atoms with E-state index in [1.54, 1.807) is 6.07 Å². The van der Waals surface area contributed by atoms with Crippen LogP contribution in [0.3, 0.4) is 0 Å². The maximum Gasteiger partial charge on any atom is 0.244 e. The topological polar surface area (TPSA) is 64.4 Å². The third kappa shape index (κ3) is 4.82. The van der Waals surface area contributed by atoms with Crippen molar-refractivity contribution in [1.82, 2.24) is 9.21 Å². The highest BCUT2D eigenvalue weighted by Crippen LogP contribution is 2.28. The quantitative estimate of drug-likeness (QED) is 0.716. The highest BCUT2D eigenvalue weighted by molar-refractivity contribution is 7.89. The number of hydrogen-bond acceptors (Lipinski definition) is 4. The van der Waals surface area contributed by atoms with Crippen molar-refractivity contribution in [3.8, 4) is 6.07 Å². The fourth-order valence-corrected chi connectivity index (χ4v) is 4.71. The van der Waals surface area contributed by atoms with Crippen molar-refractivity contribution in [3.05, 3.63) is 28.2 Å². The molecule has 1 aromatic rings. The summed E-state index contributed by atoms with van der Waals surface area (Å²) >= 11 is 11.9. The van der Waals surface area contributed by atoms with Gasteiger partial charge in [0.15, 0.2) is 0 Å². The molecule has 0 atom stereocenters. The molecule has 0 saturated carbocycles. The molecule has 5 nitrogen and oxygen atoms in total. The molecule has 0 unspecified atom stereocenters. The Balaban J connectivity index is 1.96. The van der Waals surface area contributed by atoms with E-state index in [1.807, 2.05) is 0 Å². The third-order valence-corrected chi connectivity index (χ3v) is 6.47. The number of piperazine rings is 1. The van der Waals surface area contributed by atoms with E-state index >= 15 is 0 Å². The predicted octanol–water partition coefficient (Wildman–Crippen LogP) is 2.99. The predicted molar refractivity (Wildman–Crippen MR) is 91.1 cm³/mol. The minimum Gasteiger partial charge on any atom is -0.301 e. The van der Waals surface area contributed by atoms with E-state index in [0.717, 1.165) is 19.4 Å². The summed E-state index contributed by atoms with van der Waals surface area (Å²) in [6, 6.07) is 6.60. The summed E-state index contributed by atoms with van der Waals surface area (Å²) in [4.78, 5) is 2.29. The van der Waals surface area contributed by atoms with Gasteiger partial charge in [0.25, 0.3) is 0 Å². The van der Waals surface area contributed by atoms with Crippen LogP contribution in [-0.2, 0) is 10.0 Å². The first-order chi connectivity index (χ1) is 10.9. The second kappa shape index (κ2) is 8.32. The first kappa shape index (κ1) is 18.5. The highest BCUT2D eigenvalue weighted by atomic mass is 35.5. The number of unbranched alkanes of at least 4 members (excludes halogenated alkanes) is 2. The Kier molecular flexibility index (Phi) is 6.69. The lowest BCUT2D eigenvalue weighted by molar-refractivity contribution is 0.186. The van der Waals surface area contributed by atoms with Crippen molar-refractivity contribution in [2.24, 2.45) is 0 Å². The molecule has 0 N–H and O–H groups in total. The number of nitrogens with zero attached hydrogens (tertiary/aromatic N) is 3. The van der Waals surface area contributed by atoms with Gasteiger partial charge in [-0.2, -0.15) is 9.57 Å². The number of halogens is 2. The van der Waals surface area contributed by atoms with E-state index < -0.39 is 10.0 Å². The minimum absolute atomic E-state index is 0.0640. The summed E-state index contributed by atoms with van der Waals surface area (Å²) < 4.78 is 26.8. The summed E-state index contributed by atoms with van der Waals surface area (Å²) in [6.45, 7) is 3.13. The molecule has 126 valence electrons. The summed E-state index contributed by atoms with van der Waals surface area (Å²) in [5.74, 6) is 0. The SMILES string of the molecule is N#CCCCCN1CCN(S(=O)(=O)c2cc(Cl)ccc2Cl)CC1. The van der Waals surface area contributed by atoms with E-state index in [4.69, 9.17) is 28.5 Å². The number of benzene rings is 1. The van der Waals surface area contributed by atoms with Crippen LogP contribution in [0.5, 0.6) is 0 Å². The fourth-order valence-electron chi connectivity index (χ4n) is 2.55. The fraction of sp³-hybridized carbons (Fsp3) is 0.533. The molecule has 2 rings (SSSR count). The second-order valence-electron chi connectivity index (χ2n) is 5.44. The van der Waals surface area contributed by atoms with E-state index in [2.05, 4.69) is 11.0 Å². The molecular formula is C15H19Cl2N3O2S. The zero-order valence-electron chi connectivity index (χ0n) is 12.7. The Bertz CT molecular complexity index is 680. The van der Waals surface area contributed by atoms with Crippen molar-refractivity contribution in [3.63, 3.8) is 0 Å². The lowest BCUT2D eigenvalue weighted by Crippen LogP contribution is -2.48. The van der Waals surface area contributed by atoms with E-state index in [9.17, 15) is 8.42 Å². The monoisotopic (exact) mass is 375 g/mol. The Labute approximate surface area is 147 Å². The molecule has 0 aliphatic carbocycles. The molecule has 1 fully saturated rings. The molecule has 8 heteroatoms. The molecule has 1 aromatic carbocycles. The van der Waals surface area contributed by atoms with Crippen LogP contribution in [0.1, 0.15) is 19.3 Å². The van der Waals surface area contributed by atoms with E-state index in [-0.39, 0.29) is 9.92 Å². The molecule has 1 aliphatic heterocycles. The number of nitriles is 1. The highest BCUT2D eigenvalue weighted by Gasteiger charge is 2.30. The zero-order chi connectivity index (χ0) is 16.9. The van der Waals surface area contributed by atoms with Gasteiger partial charge in [-0.25, -0.2) is 8.42 Å². The average molecular weight is 376 g/mol. The van der Waals surface area contributed by atoms with Crippen molar-refractivity contribution >= 4 is 33.2 Å². The van der Waals surface area contributed by atoms with Crippen molar-refractivity contribution in [1.29, 1.82) is 5.26 Å². The minimum atomic E-state index is -3.62. The Hall–Kier alpha value is -0.840. The first-order valence-corrected chi connectivity index (χ1v) is 9.69. The van der Waals surface area contributed by atoms with Crippen LogP contribution in [0.4, 0.5) is 0 Å². The van der Waals surface area contributed by atoms with Crippen LogP contribution in [0, 0.1) is 11.3 Å². The molecule has 0 amide bonds. The Morgan fingerprint density at radius 2 is 1.83 bits per heavy atom. The molecule has 0 aromatic heterocycles. The van der Waals surface area contributed by atoms with Gasteiger partial charge in [0.05, 0.1) is 11.1 Å². The molecule has 1 aliphatic rings. The maximum atomic E-state index is 12.7. The van der Waals surface area contributed by atoms with Gasteiger partial charge in [0, 0.05) is 37.6 Å². The number of hydrogen-bond donors (Lipinski definition) is 0. The van der Waals surface area contributed by atoms with Gasteiger partial charge in [0.2, 0.25) is 10.0 Å². The van der Waals surface area contributed by atoms with Gasteiger partial charge >= 0.3 is 0 Å². The maximum absolute atomic E-state index is 12.7. The second-order valence-corrected chi connectivity index (χ2v) is 8.19. The third-order valence-electron chi connectivity index (χ3n) is 3.86. The molecular weight excluding hydrogens is 357 g/mol. The number of rotatable bonds is 6. The molecule has 1 saturated heterocycles. The number of sulfonamides is 1. The van der Waals surface area contributed by atoms with Crippen molar-refractivity contribution < 1.29 is 8.42 Å². The van der Waals surface area contributed by atoms with Crippen LogP contribution >= 0.6 is 23.2 Å². The zero-order valence-corrected chi connectivity index (χ0v) is 15.0. The standard InChI is InChI=1S/C15H19Cl2N3O2S/c16-13-4-5-14(17)15(12-13)23(21,22)20-10-8-19(9-11-20)7-3-1-2-6-18/h4-5,12H,1-3,7-11H2. The molecule has 0 bridgehead atoms.